The van der Waals surface area contributed by atoms with Crippen molar-refractivity contribution in [1.29, 1.82) is 0 Å². The maximum Gasteiger partial charge on any atom is 0.287 e. The number of hydrogen-bond acceptors (Lipinski definition) is 4. The standard InChI is InChI=1S/C13H20N2O3.ClH/c1-13(8-14,9-3-4-9)15-12(16)11-6-5-10(18-11)7-17-2;/h5-6,9H,3-4,7-8,14H2,1-2H3,(H,15,16);1H. The molecule has 1 atom stereocenters. The molecule has 1 saturated carbocycles. The van der Waals surface area contributed by atoms with E-state index >= 15 is 0 Å². The van der Waals surface area contributed by atoms with Crippen LogP contribution < -0.4 is 11.1 Å². The first-order valence-electron chi connectivity index (χ1n) is 6.19. The van der Waals surface area contributed by atoms with Crippen LogP contribution in [0.15, 0.2) is 16.5 Å². The summed E-state index contributed by atoms with van der Waals surface area (Å²) in [5, 5.41) is 2.98. The van der Waals surface area contributed by atoms with Crippen LogP contribution in [0.5, 0.6) is 0 Å². The summed E-state index contributed by atoms with van der Waals surface area (Å²) in [7, 11) is 1.58. The van der Waals surface area contributed by atoms with E-state index in [9.17, 15) is 4.79 Å². The molecule has 6 heteroatoms. The molecule has 0 radical (unpaired) electrons. The van der Waals surface area contributed by atoms with E-state index in [0.29, 0.717) is 30.6 Å². The van der Waals surface area contributed by atoms with Gasteiger partial charge in [0.2, 0.25) is 0 Å². The van der Waals surface area contributed by atoms with Gasteiger partial charge in [0.15, 0.2) is 5.76 Å². The Morgan fingerprint density at radius 2 is 2.26 bits per heavy atom. The van der Waals surface area contributed by atoms with Crippen LogP contribution in [0, 0.1) is 5.92 Å². The predicted octanol–water partition coefficient (Wildman–Crippen LogP) is 1.70. The molecular formula is C13H21ClN2O3. The molecule has 1 aliphatic rings. The molecule has 2 rings (SSSR count). The van der Waals surface area contributed by atoms with Crippen molar-refractivity contribution < 1.29 is 13.9 Å². The van der Waals surface area contributed by atoms with Crippen LogP contribution in [0.1, 0.15) is 36.1 Å². The normalized spacial score (nSPS) is 17.4. The van der Waals surface area contributed by atoms with Crippen LogP contribution in [-0.2, 0) is 11.3 Å². The minimum atomic E-state index is -0.328. The first-order chi connectivity index (χ1) is 8.59. The van der Waals surface area contributed by atoms with Gasteiger partial charge in [-0.05, 0) is 37.8 Å². The monoisotopic (exact) mass is 288 g/mol. The summed E-state index contributed by atoms with van der Waals surface area (Å²) < 4.78 is 10.3. The van der Waals surface area contributed by atoms with Gasteiger partial charge < -0.3 is 20.2 Å². The van der Waals surface area contributed by atoms with Crippen LogP contribution >= 0.6 is 12.4 Å². The Morgan fingerprint density at radius 3 is 2.79 bits per heavy atom. The third-order valence-electron chi connectivity index (χ3n) is 3.47. The van der Waals surface area contributed by atoms with Gasteiger partial charge in [0.05, 0.1) is 5.54 Å². The second-order valence-electron chi connectivity index (χ2n) is 5.05. The zero-order valence-corrected chi connectivity index (χ0v) is 12.1. The summed E-state index contributed by atoms with van der Waals surface area (Å²) in [5.74, 6) is 1.22. The number of carbonyl (C=O) groups is 1. The number of hydrogen-bond donors (Lipinski definition) is 2. The lowest BCUT2D eigenvalue weighted by atomic mass is 9.96. The molecule has 1 fully saturated rings. The Hall–Kier alpha value is -1.04. The van der Waals surface area contributed by atoms with Crippen LogP contribution in [0.2, 0.25) is 0 Å². The number of ether oxygens (including phenoxy) is 1. The van der Waals surface area contributed by atoms with E-state index in [1.165, 1.54) is 0 Å². The van der Waals surface area contributed by atoms with Crippen molar-refractivity contribution in [1.82, 2.24) is 5.32 Å². The van der Waals surface area contributed by atoms with Gasteiger partial charge in [-0.25, -0.2) is 0 Å². The number of furan rings is 1. The highest BCUT2D eigenvalue weighted by Gasteiger charge is 2.41. The lowest BCUT2D eigenvalue weighted by molar-refractivity contribution is 0.0861. The molecular weight excluding hydrogens is 268 g/mol. The van der Waals surface area contributed by atoms with E-state index in [-0.39, 0.29) is 23.9 Å². The molecule has 0 saturated heterocycles. The maximum absolute atomic E-state index is 12.1. The fourth-order valence-corrected chi connectivity index (χ4v) is 2.08. The number of rotatable bonds is 6. The van der Waals surface area contributed by atoms with Gasteiger partial charge in [-0.2, -0.15) is 0 Å². The molecule has 5 nitrogen and oxygen atoms in total. The largest absolute Gasteiger partial charge is 0.453 e. The van der Waals surface area contributed by atoms with E-state index in [4.69, 9.17) is 14.9 Å². The Bertz CT molecular complexity index is 431. The van der Waals surface area contributed by atoms with E-state index < -0.39 is 0 Å². The van der Waals surface area contributed by atoms with Crippen LogP contribution in [0.25, 0.3) is 0 Å². The fraction of sp³-hybridized carbons (Fsp3) is 0.615. The first kappa shape index (κ1) is 16.0. The summed E-state index contributed by atoms with van der Waals surface area (Å²) in [5.41, 5.74) is 5.43. The highest BCUT2D eigenvalue weighted by Crippen LogP contribution is 2.39. The number of nitrogens with one attached hydrogen (secondary N) is 1. The predicted molar refractivity (Wildman–Crippen MR) is 74.3 cm³/mol. The zero-order valence-electron chi connectivity index (χ0n) is 11.3. The number of methoxy groups -OCH3 is 1. The third-order valence-corrected chi connectivity index (χ3v) is 3.47. The van der Waals surface area contributed by atoms with Gasteiger partial charge in [0, 0.05) is 13.7 Å². The number of nitrogens with two attached hydrogens (primary N) is 1. The van der Waals surface area contributed by atoms with Crippen molar-refractivity contribution >= 4 is 18.3 Å². The molecule has 1 aromatic heterocycles. The minimum absolute atomic E-state index is 0. The second kappa shape index (κ2) is 6.41. The lowest BCUT2D eigenvalue weighted by Gasteiger charge is -2.28. The van der Waals surface area contributed by atoms with Gasteiger partial charge in [-0.1, -0.05) is 0 Å². The van der Waals surface area contributed by atoms with E-state index in [1.807, 2.05) is 6.92 Å². The quantitative estimate of drug-likeness (QED) is 0.835. The van der Waals surface area contributed by atoms with E-state index in [1.54, 1.807) is 19.2 Å². The zero-order chi connectivity index (χ0) is 13.2. The van der Waals surface area contributed by atoms with Crippen LogP contribution in [-0.4, -0.2) is 25.1 Å². The highest BCUT2D eigenvalue weighted by atomic mass is 35.5. The Morgan fingerprint density at radius 1 is 1.58 bits per heavy atom. The lowest BCUT2D eigenvalue weighted by Crippen LogP contribution is -2.53. The molecule has 0 aliphatic heterocycles. The van der Waals surface area contributed by atoms with Crippen molar-refractivity contribution in [3.8, 4) is 0 Å². The molecule has 1 heterocycles. The van der Waals surface area contributed by atoms with Crippen molar-refractivity contribution in [2.75, 3.05) is 13.7 Å². The summed E-state index contributed by atoms with van der Waals surface area (Å²) in [6.07, 6.45) is 2.25. The SMILES string of the molecule is COCc1ccc(C(=O)NC(C)(CN)C2CC2)o1.Cl. The van der Waals surface area contributed by atoms with Gasteiger partial charge in [-0.3, -0.25) is 4.79 Å². The summed E-state index contributed by atoms with van der Waals surface area (Å²) in [4.78, 5) is 12.1. The maximum atomic E-state index is 12.1. The average Bonchev–Trinajstić information content (AvgIpc) is 3.11. The Kier molecular flexibility index (Phi) is 5.40. The molecule has 0 spiro atoms. The average molecular weight is 289 g/mol. The molecule has 1 aromatic rings. The number of amides is 1. The van der Waals surface area contributed by atoms with Crippen molar-refractivity contribution in [3.63, 3.8) is 0 Å². The van der Waals surface area contributed by atoms with Crippen molar-refractivity contribution in [2.45, 2.75) is 31.9 Å². The minimum Gasteiger partial charge on any atom is -0.453 e. The highest BCUT2D eigenvalue weighted by molar-refractivity contribution is 5.92. The van der Waals surface area contributed by atoms with Gasteiger partial charge in [0.1, 0.15) is 12.4 Å². The van der Waals surface area contributed by atoms with Crippen LogP contribution in [0.3, 0.4) is 0 Å². The molecule has 19 heavy (non-hydrogen) atoms. The van der Waals surface area contributed by atoms with Crippen molar-refractivity contribution in [3.05, 3.63) is 23.7 Å². The Labute approximate surface area is 119 Å². The topological polar surface area (TPSA) is 77.5 Å². The van der Waals surface area contributed by atoms with E-state index in [0.717, 1.165) is 12.8 Å². The number of carbonyl (C=O) groups excluding carboxylic acids is 1. The summed E-state index contributed by atoms with van der Waals surface area (Å²) in [6.45, 7) is 2.79. The molecule has 0 bridgehead atoms. The smallest absolute Gasteiger partial charge is 0.287 e. The van der Waals surface area contributed by atoms with Gasteiger partial charge >= 0.3 is 0 Å². The molecule has 108 valence electrons. The van der Waals surface area contributed by atoms with Gasteiger partial charge in [-0.15, -0.1) is 12.4 Å². The molecule has 3 N–H and O–H groups in total. The third kappa shape index (κ3) is 3.72. The molecule has 1 amide bonds. The first-order valence-corrected chi connectivity index (χ1v) is 6.19. The molecule has 0 aromatic carbocycles. The number of halogens is 1. The summed E-state index contributed by atoms with van der Waals surface area (Å²) >= 11 is 0. The molecule has 1 unspecified atom stereocenters. The Balaban J connectivity index is 0.00000180. The summed E-state index contributed by atoms with van der Waals surface area (Å²) in [6, 6.07) is 3.41. The molecule has 1 aliphatic carbocycles. The van der Waals surface area contributed by atoms with Gasteiger partial charge in [0.25, 0.3) is 5.91 Å². The second-order valence-corrected chi connectivity index (χ2v) is 5.05. The van der Waals surface area contributed by atoms with Crippen molar-refractivity contribution in [2.24, 2.45) is 11.7 Å². The fourth-order valence-electron chi connectivity index (χ4n) is 2.08. The van der Waals surface area contributed by atoms with E-state index in [2.05, 4.69) is 5.32 Å². The van der Waals surface area contributed by atoms with Crippen LogP contribution in [0.4, 0.5) is 0 Å².